The molecule has 3 nitrogen and oxygen atoms in total. The Labute approximate surface area is 133 Å². The van der Waals surface area contributed by atoms with Gasteiger partial charge in [-0.3, -0.25) is 4.79 Å². The van der Waals surface area contributed by atoms with Crippen LogP contribution < -0.4 is 10.0 Å². The van der Waals surface area contributed by atoms with Crippen LogP contribution in [0.5, 0.6) is 5.75 Å². The van der Waals surface area contributed by atoms with Crippen LogP contribution in [-0.2, 0) is 4.52 Å². The lowest BCUT2D eigenvalue weighted by Crippen LogP contribution is -2.13. The van der Waals surface area contributed by atoms with Crippen LogP contribution in [0.1, 0.15) is 28.4 Å². The third kappa shape index (κ3) is 3.55. The van der Waals surface area contributed by atoms with E-state index in [-0.39, 0.29) is 5.52 Å². The number of rotatable bonds is 6. The summed E-state index contributed by atoms with van der Waals surface area (Å²) in [6.45, 7) is 6.35. The van der Waals surface area contributed by atoms with E-state index in [1.165, 1.54) is 0 Å². The molecule has 0 heterocycles. The summed E-state index contributed by atoms with van der Waals surface area (Å²) in [6, 6.07) is 13.4. The van der Waals surface area contributed by atoms with Gasteiger partial charge in [-0.25, -0.2) is 0 Å². The lowest BCUT2D eigenvalue weighted by atomic mass is 10.0. The highest BCUT2D eigenvalue weighted by Gasteiger charge is 2.25. The molecule has 0 radical (unpaired) electrons. The molecular formula is C18H21O3P. The van der Waals surface area contributed by atoms with E-state index in [9.17, 15) is 4.79 Å². The lowest BCUT2D eigenvalue weighted by molar-refractivity contribution is 0.106. The Kier molecular flexibility index (Phi) is 5.70. The van der Waals surface area contributed by atoms with Crippen LogP contribution in [0.4, 0.5) is 0 Å². The summed E-state index contributed by atoms with van der Waals surface area (Å²) in [4.78, 5) is 13.0. The summed E-state index contributed by atoms with van der Waals surface area (Å²) in [5.74, 6) is 0.773. The van der Waals surface area contributed by atoms with Gasteiger partial charge >= 0.3 is 0 Å². The van der Waals surface area contributed by atoms with Crippen molar-refractivity contribution in [2.24, 2.45) is 0 Å². The predicted molar refractivity (Wildman–Crippen MR) is 91.4 cm³/mol. The summed E-state index contributed by atoms with van der Waals surface area (Å²) < 4.78 is 11.0. The second-order valence-corrected chi connectivity index (χ2v) is 6.75. The highest BCUT2D eigenvalue weighted by molar-refractivity contribution is 7.78. The minimum absolute atomic E-state index is 0.0672. The average Bonchev–Trinajstić information content (AvgIpc) is 2.52. The van der Waals surface area contributed by atoms with Crippen molar-refractivity contribution in [3.05, 3.63) is 59.2 Å². The van der Waals surface area contributed by atoms with Crippen molar-refractivity contribution < 1.29 is 14.1 Å². The molecule has 0 aliphatic heterocycles. The van der Waals surface area contributed by atoms with Crippen molar-refractivity contribution in [1.29, 1.82) is 0 Å². The number of ether oxygens (including phenoxy) is 1. The van der Waals surface area contributed by atoms with Gasteiger partial charge in [-0.1, -0.05) is 18.2 Å². The van der Waals surface area contributed by atoms with Crippen molar-refractivity contribution in [1.82, 2.24) is 0 Å². The molecule has 0 spiro atoms. The van der Waals surface area contributed by atoms with Gasteiger partial charge in [0.25, 0.3) is 0 Å². The molecule has 1 unspecified atom stereocenters. The van der Waals surface area contributed by atoms with Gasteiger partial charge in [-0.2, -0.15) is 0 Å². The Morgan fingerprint density at radius 2 is 1.64 bits per heavy atom. The second-order valence-electron chi connectivity index (χ2n) is 4.98. The van der Waals surface area contributed by atoms with Gasteiger partial charge in [0, 0.05) is 17.5 Å². The number of benzene rings is 2. The van der Waals surface area contributed by atoms with Gasteiger partial charge in [-0.15, -0.1) is 0 Å². The zero-order valence-corrected chi connectivity index (χ0v) is 14.3. The Bertz CT molecular complexity index is 630. The maximum Gasteiger partial charge on any atom is 0.216 e. The number of carbonyl (C=O) groups excluding carboxylic acids is 1. The molecule has 22 heavy (non-hydrogen) atoms. The van der Waals surface area contributed by atoms with Crippen LogP contribution in [-0.4, -0.2) is 19.2 Å². The molecule has 4 heteroatoms. The van der Waals surface area contributed by atoms with Crippen molar-refractivity contribution in [3.8, 4) is 5.75 Å². The van der Waals surface area contributed by atoms with Crippen LogP contribution in [0.25, 0.3) is 0 Å². The van der Waals surface area contributed by atoms with Crippen LogP contribution in [0.3, 0.4) is 0 Å². The van der Waals surface area contributed by atoms with E-state index < -0.39 is 8.15 Å². The molecule has 2 rings (SSSR count). The molecule has 0 bridgehead atoms. The first-order valence-electron chi connectivity index (χ1n) is 7.26. The fraction of sp³-hybridized carbons (Fsp3) is 0.278. The van der Waals surface area contributed by atoms with Crippen molar-refractivity contribution in [2.75, 3.05) is 13.7 Å². The standard InChI is InChI=1S/C18H21O3P/c1-5-21-22(16-11-9-15(20-4)10-12-16)18(19)17-13(2)7-6-8-14(17)3/h6-12H,5H2,1-4H3. The van der Waals surface area contributed by atoms with Gasteiger partial charge in [0.05, 0.1) is 7.11 Å². The zero-order chi connectivity index (χ0) is 16.1. The summed E-state index contributed by atoms with van der Waals surface area (Å²) in [5, 5.41) is 0.908. The summed E-state index contributed by atoms with van der Waals surface area (Å²) in [5.41, 5.74) is 2.83. The van der Waals surface area contributed by atoms with E-state index in [0.717, 1.165) is 27.7 Å². The molecule has 0 N–H and O–H groups in total. The topological polar surface area (TPSA) is 35.5 Å². The number of hydrogen-bond acceptors (Lipinski definition) is 3. The Balaban J connectivity index is 2.40. The number of aryl methyl sites for hydroxylation is 2. The molecule has 116 valence electrons. The maximum absolute atomic E-state index is 13.0. The molecule has 2 aromatic rings. The molecular weight excluding hydrogens is 295 g/mol. The molecule has 0 saturated heterocycles. The second kappa shape index (κ2) is 7.53. The van der Waals surface area contributed by atoms with Gasteiger partial charge in [0.2, 0.25) is 5.52 Å². The smallest absolute Gasteiger partial charge is 0.216 e. The van der Waals surface area contributed by atoms with Gasteiger partial charge in [0.1, 0.15) is 13.9 Å². The monoisotopic (exact) mass is 316 g/mol. The van der Waals surface area contributed by atoms with Gasteiger partial charge < -0.3 is 9.26 Å². The minimum atomic E-state index is -1.34. The Morgan fingerprint density at radius 1 is 1.05 bits per heavy atom. The van der Waals surface area contributed by atoms with Gasteiger partial charge in [-0.05, 0) is 56.2 Å². The molecule has 0 aliphatic rings. The van der Waals surface area contributed by atoms with Gasteiger partial charge in [0.15, 0.2) is 0 Å². The minimum Gasteiger partial charge on any atom is -0.497 e. The van der Waals surface area contributed by atoms with E-state index in [4.69, 9.17) is 9.26 Å². The number of carbonyl (C=O) groups is 1. The zero-order valence-electron chi connectivity index (χ0n) is 13.4. The van der Waals surface area contributed by atoms with Crippen molar-refractivity contribution in [2.45, 2.75) is 20.8 Å². The van der Waals surface area contributed by atoms with E-state index in [2.05, 4.69) is 0 Å². The fourth-order valence-electron chi connectivity index (χ4n) is 2.35. The lowest BCUT2D eigenvalue weighted by Gasteiger charge is -2.18. The molecule has 2 aromatic carbocycles. The van der Waals surface area contributed by atoms with E-state index >= 15 is 0 Å². The summed E-state index contributed by atoms with van der Waals surface area (Å²) in [7, 11) is 0.290. The first-order chi connectivity index (χ1) is 10.6. The summed E-state index contributed by atoms with van der Waals surface area (Å²) in [6.07, 6.45) is 0. The third-order valence-corrected chi connectivity index (χ3v) is 5.32. The molecule has 0 amide bonds. The molecule has 1 atom stereocenters. The normalized spacial score (nSPS) is 12.0. The first-order valence-corrected chi connectivity index (χ1v) is 8.52. The van der Waals surface area contributed by atoms with Crippen LogP contribution >= 0.6 is 8.15 Å². The summed E-state index contributed by atoms with van der Waals surface area (Å²) >= 11 is 0. The Hall–Kier alpha value is -1.70. The van der Waals surface area contributed by atoms with E-state index in [1.54, 1.807) is 7.11 Å². The third-order valence-electron chi connectivity index (χ3n) is 3.44. The number of hydrogen-bond donors (Lipinski definition) is 0. The molecule has 0 saturated carbocycles. The van der Waals surface area contributed by atoms with Crippen LogP contribution in [0, 0.1) is 13.8 Å². The fourth-order valence-corrected chi connectivity index (χ4v) is 4.09. The molecule has 0 aromatic heterocycles. The quantitative estimate of drug-likeness (QED) is 0.749. The van der Waals surface area contributed by atoms with Crippen molar-refractivity contribution >= 4 is 19.0 Å². The largest absolute Gasteiger partial charge is 0.497 e. The first kappa shape index (κ1) is 16.7. The highest BCUT2D eigenvalue weighted by atomic mass is 31.1. The SMILES string of the molecule is CCOP(C(=O)c1c(C)cccc1C)c1ccc(OC)cc1. The number of methoxy groups -OCH3 is 1. The maximum atomic E-state index is 13.0. The molecule has 0 fully saturated rings. The van der Waals surface area contributed by atoms with Crippen LogP contribution in [0.15, 0.2) is 42.5 Å². The van der Waals surface area contributed by atoms with Crippen molar-refractivity contribution in [3.63, 3.8) is 0 Å². The van der Waals surface area contributed by atoms with E-state index in [0.29, 0.717) is 6.61 Å². The highest BCUT2D eigenvalue weighted by Crippen LogP contribution is 2.41. The molecule has 0 aliphatic carbocycles. The Morgan fingerprint density at radius 3 is 2.14 bits per heavy atom. The average molecular weight is 316 g/mol. The van der Waals surface area contributed by atoms with E-state index in [1.807, 2.05) is 63.2 Å². The predicted octanol–water partition coefficient (Wildman–Crippen LogP) is 4.21. The van der Waals surface area contributed by atoms with Crippen LogP contribution in [0.2, 0.25) is 0 Å².